The highest BCUT2D eigenvalue weighted by atomic mass is 35.5. The number of esters is 2. The van der Waals surface area contributed by atoms with Gasteiger partial charge in [0.25, 0.3) is 0 Å². The van der Waals surface area contributed by atoms with Gasteiger partial charge >= 0.3 is 11.9 Å². The van der Waals surface area contributed by atoms with E-state index in [1.165, 1.54) is 0 Å². The molecular formula is C30H27ClO6. The number of aliphatic hydroxyl groups is 1. The largest absolute Gasteiger partial charge is 0.491 e. The molecule has 1 aliphatic heterocycles. The maximum Gasteiger partial charge on any atom is 0.338 e. The summed E-state index contributed by atoms with van der Waals surface area (Å²) in [4.78, 5) is 24.9. The van der Waals surface area contributed by atoms with Crippen LogP contribution >= 0.6 is 11.6 Å². The van der Waals surface area contributed by atoms with Crippen molar-refractivity contribution in [1.82, 2.24) is 0 Å². The van der Waals surface area contributed by atoms with Crippen LogP contribution in [0.15, 0.2) is 91.0 Å². The van der Waals surface area contributed by atoms with Gasteiger partial charge in [-0.2, -0.15) is 0 Å². The SMILES string of the molecule is O=C1C[C@H]2[C@@H](/C=C/[C@@H](O)COc3cccc(Cl)c3)[C@@H](OC(=O)c3ccc(-c4ccccc4)cc3)C[C@@H]2O1. The van der Waals surface area contributed by atoms with E-state index >= 15 is 0 Å². The lowest BCUT2D eigenvalue weighted by Gasteiger charge is -2.20. The summed E-state index contributed by atoms with van der Waals surface area (Å²) >= 11 is 5.97. The molecule has 2 aliphatic rings. The van der Waals surface area contributed by atoms with Gasteiger partial charge in [-0.3, -0.25) is 4.79 Å². The monoisotopic (exact) mass is 518 g/mol. The minimum Gasteiger partial charge on any atom is -0.491 e. The quantitative estimate of drug-likeness (QED) is 0.314. The maximum absolute atomic E-state index is 13.0. The van der Waals surface area contributed by atoms with Crippen LogP contribution in [0, 0.1) is 11.8 Å². The average Bonchev–Trinajstić information content (AvgIpc) is 3.42. The van der Waals surface area contributed by atoms with Crippen LogP contribution < -0.4 is 4.74 Å². The lowest BCUT2D eigenvalue weighted by atomic mass is 9.91. The molecule has 1 saturated heterocycles. The topological polar surface area (TPSA) is 82.1 Å². The van der Waals surface area contributed by atoms with Crippen molar-refractivity contribution in [3.8, 4) is 16.9 Å². The normalized spacial score (nSPS) is 23.5. The van der Waals surface area contributed by atoms with E-state index in [1.807, 2.05) is 48.5 Å². The fourth-order valence-corrected chi connectivity index (χ4v) is 5.16. The second kappa shape index (κ2) is 11.2. The van der Waals surface area contributed by atoms with Crippen molar-refractivity contribution in [3.05, 3.63) is 102 Å². The number of carbonyl (C=O) groups excluding carboxylic acids is 2. The minimum atomic E-state index is -0.891. The maximum atomic E-state index is 13.0. The Balaban J connectivity index is 1.24. The molecule has 7 heteroatoms. The van der Waals surface area contributed by atoms with E-state index in [9.17, 15) is 14.7 Å². The smallest absolute Gasteiger partial charge is 0.338 e. The van der Waals surface area contributed by atoms with E-state index in [0.717, 1.165) is 11.1 Å². The van der Waals surface area contributed by atoms with Gasteiger partial charge in [-0.15, -0.1) is 0 Å². The van der Waals surface area contributed by atoms with Gasteiger partial charge in [-0.1, -0.05) is 72.3 Å². The zero-order valence-electron chi connectivity index (χ0n) is 20.0. The van der Waals surface area contributed by atoms with Gasteiger partial charge < -0.3 is 19.3 Å². The zero-order chi connectivity index (χ0) is 25.8. The van der Waals surface area contributed by atoms with Gasteiger partial charge in [0.15, 0.2) is 0 Å². The number of hydrogen-bond donors (Lipinski definition) is 1. The van der Waals surface area contributed by atoms with Crippen molar-refractivity contribution in [2.45, 2.75) is 31.2 Å². The molecule has 0 spiro atoms. The lowest BCUT2D eigenvalue weighted by Crippen LogP contribution is -2.25. The number of fused-ring (bicyclic) bond motifs is 1. The van der Waals surface area contributed by atoms with Crippen molar-refractivity contribution in [3.63, 3.8) is 0 Å². The second-order valence-electron chi connectivity index (χ2n) is 9.32. The predicted molar refractivity (Wildman–Crippen MR) is 139 cm³/mol. The Kier molecular flexibility index (Phi) is 7.58. The summed E-state index contributed by atoms with van der Waals surface area (Å²) < 4.78 is 17.0. The van der Waals surface area contributed by atoms with E-state index in [2.05, 4.69) is 0 Å². The minimum absolute atomic E-state index is 0.0330. The second-order valence-corrected chi connectivity index (χ2v) is 9.75. The van der Waals surface area contributed by atoms with E-state index in [4.69, 9.17) is 25.8 Å². The predicted octanol–water partition coefficient (Wildman–Crippen LogP) is 5.48. The van der Waals surface area contributed by atoms with Crippen LogP contribution in [-0.2, 0) is 14.3 Å². The molecule has 1 saturated carbocycles. The number of ether oxygens (including phenoxy) is 3. The standard InChI is InChI=1S/C30H27ClO6/c31-22-7-4-8-24(15-22)35-18-23(32)13-14-25-26-16-29(33)36-28(26)17-27(25)37-30(34)21-11-9-20(10-12-21)19-5-2-1-3-6-19/h1-15,23,25-28,32H,16-18H2/b14-13+/t23-,25-,26+,27+,28+/m1/s1. The molecule has 3 aromatic carbocycles. The summed E-state index contributed by atoms with van der Waals surface area (Å²) in [6.07, 6.45) is 2.45. The summed E-state index contributed by atoms with van der Waals surface area (Å²) in [5, 5.41) is 11.0. The zero-order valence-corrected chi connectivity index (χ0v) is 20.8. The third-order valence-electron chi connectivity index (χ3n) is 6.81. The van der Waals surface area contributed by atoms with Gasteiger partial charge in [0, 0.05) is 23.3 Å². The van der Waals surface area contributed by atoms with Crippen LogP contribution in [0.1, 0.15) is 23.2 Å². The van der Waals surface area contributed by atoms with Crippen LogP contribution in [0.25, 0.3) is 11.1 Å². The number of carbonyl (C=O) groups is 2. The molecule has 2 fully saturated rings. The van der Waals surface area contributed by atoms with E-state index < -0.39 is 18.2 Å². The highest BCUT2D eigenvalue weighted by molar-refractivity contribution is 6.30. The Labute approximate surface area is 220 Å². The Hall–Kier alpha value is -3.61. The lowest BCUT2D eigenvalue weighted by molar-refractivity contribution is -0.141. The fourth-order valence-electron chi connectivity index (χ4n) is 4.98. The van der Waals surface area contributed by atoms with Crippen molar-refractivity contribution in [2.75, 3.05) is 6.61 Å². The third kappa shape index (κ3) is 6.04. The van der Waals surface area contributed by atoms with Crippen LogP contribution in [0.5, 0.6) is 5.75 Å². The van der Waals surface area contributed by atoms with Gasteiger partial charge in [0.05, 0.1) is 12.0 Å². The molecule has 0 radical (unpaired) electrons. The van der Waals surface area contributed by atoms with E-state index in [-0.39, 0.29) is 36.9 Å². The van der Waals surface area contributed by atoms with Crippen LogP contribution in [0.4, 0.5) is 0 Å². The van der Waals surface area contributed by atoms with Gasteiger partial charge in [0.1, 0.15) is 30.7 Å². The molecule has 6 nitrogen and oxygen atoms in total. The first-order chi connectivity index (χ1) is 18.0. The molecule has 190 valence electrons. The number of halogens is 1. The Morgan fingerprint density at radius 3 is 2.57 bits per heavy atom. The molecule has 1 N–H and O–H groups in total. The van der Waals surface area contributed by atoms with Gasteiger partial charge in [-0.25, -0.2) is 4.79 Å². The van der Waals surface area contributed by atoms with Crippen LogP contribution in [-0.4, -0.2) is 42.0 Å². The van der Waals surface area contributed by atoms with Crippen molar-refractivity contribution in [2.24, 2.45) is 11.8 Å². The molecule has 1 heterocycles. The first-order valence-electron chi connectivity index (χ1n) is 12.3. The molecule has 37 heavy (non-hydrogen) atoms. The molecule has 0 amide bonds. The number of aliphatic hydroxyl groups excluding tert-OH is 1. The molecule has 0 aromatic heterocycles. The van der Waals surface area contributed by atoms with Crippen molar-refractivity contribution < 1.29 is 28.9 Å². The van der Waals surface area contributed by atoms with Gasteiger partial charge in [-0.05, 0) is 41.5 Å². The average molecular weight is 519 g/mol. The van der Waals surface area contributed by atoms with E-state index in [0.29, 0.717) is 22.8 Å². The molecule has 3 aromatic rings. The summed E-state index contributed by atoms with van der Waals surface area (Å²) in [6.45, 7) is 0.0330. The highest BCUT2D eigenvalue weighted by Crippen LogP contribution is 2.43. The molecule has 1 aliphatic carbocycles. The Bertz CT molecular complexity index is 1270. The molecule has 5 rings (SSSR count). The highest BCUT2D eigenvalue weighted by Gasteiger charge is 2.50. The van der Waals surface area contributed by atoms with Crippen LogP contribution in [0.3, 0.4) is 0 Å². The molecule has 0 bridgehead atoms. The summed E-state index contributed by atoms with van der Waals surface area (Å²) in [6, 6.07) is 24.1. The Morgan fingerprint density at radius 1 is 1.05 bits per heavy atom. The van der Waals surface area contributed by atoms with Crippen LogP contribution in [0.2, 0.25) is 5.02 Å². The summed E-state index contributed by atoms with van der Waals surface area (Å²) in [5.74, 6) is -0.493. The van der Waals surface area contributed by atoms with Crippen molar-refractivity contribution >= 4 is 23.5 Å². The van der Waals surface area contributed by atoms with E-state index in [1.54, 1.807) is 42.5 Å². The first kappa shape index (κ1) is 25.1. The fraction of sp³-hybridized carbons (Fsp3) is 0.267. The molecular weight excluding hydrogens is 492 g/mol. The Morgan fingerprint density at radius 2 is 1.81 bits per heavy atom. The van der Waals surface area contributed by atoms with Crippen molar-refractivity contribution in [1.29, 1.82) is 0 Å². The molecule has 0 unspecified atom stereocenters. The first-order valence-corrected chi connectivity index (χ1v) is 12.6. The third-order valence-corrected chi connectivity index (χ3v) is 7.04. The summed E-state index contributed by atoms with van der Waals surface area (Å²) in [5.41, 5.74) is 2.52. The number of hydrogen-bond acceptors (Lipinski definition) is 6. The summed E-state index contributed by atoms with van der Waals surface area (Å²) in [7, 11) is 0. The van der Waals surface area contributed by atoms with Gasteiger partial charge in [0.2, 0.25) is 0 Å². The number of benzene rings is 3. The molecule has 5 atom stereocenters. The number of rotatable bonds is 8.